The van der Waals surface area contributed by atoms with Gasteiger partial charge in [0.1, 0.15) is 0 Å². The molecule has 2 amide bonds. The van der Waals surface area contributed by atoms with Gasteiger partial charge in [-0.25, -0.2) is 4.79 Å². The second kappa shape index (κ2) is 8.13. The van der Waals surface area contributed by atoms with Crippen molar-refractivity contribution in [3.8, 4) is 0 Å². The molecule has 0 aliphatic carbocycles. The zero-order valence-electron chi connectivity index (χ0n) is 14.3. The molecule has 0 aromatic carbocycles. The number of amides is 2. The molecule has 5 nitrogen and oxygen atoms in total. The van der Waals surface area contributed by atoms with Gasteiger partial charge in [-0.05, 0) is 42.4 Å². The molecule has 0 aliphatic heterocycles. The van der Waals surface area contributed by atoms with E-state index in [9.17, 15) is 9.90 Å². The van der Waals surface area contributed by atoms with E-state index in [1.807, 2.05) is 26.0 Å². The zero-order chi connectivity index (χ0) is 16.8. The minimum atomic E-state index is -0.375. The van der Waals surface area contributed by atoms with Crippen LogP contribution in [0.15, 0.2) is 24.5 Å². The predicted molar refractivity (Wildman–Crippen MR) is 88.4 cm³/mol. The molecule has 0 saturated carbocycles. The van der Waals surface area contributed by atoms with Crippen LogP contribution >= 0.6 is 0 Å². The third-order valence-corrected chi connectivity index (χ3v) is 3.59. The predicted octanol–water partition coefficient (Wildman–Crippen LogP) is 2.88. The summed E-state index contributed by atoms with van der Waals surface area (Å²) in [6.07, 6.45) is 3.73. The lowest BCUT2D eigenvalue weighted by atomic mass is 9.87. The number of carbonyl (C=O) groups is 1. The zero-order valence-corrected chi connectivity index (χ0v) is 14.3. The van der Waals surface area contributed by atoms with E-state index < -0.39 is 0 Å². The topological polar surface area (TPSA) is 74.2 Å². The Balaban J connectivity index is 2.58. The quantitative estimate of drug-likeness (QED) is 0.725. The van der Waals surface area contributed by atoms with Gasteiger partial charge in [-0.1, -0.05) is 27.7 Å². The van der Waals surface area contributed by atoms with E-state index in [-0.39, 0.29) is 29.5 Å². The van der Waals surface area contributed by atoms with Crippen LogP contribution in [-0.2, 0) is 0 Å². The first-order chi connectivity index (χ1) is 10.2. The van der Waals surface area contributed by atoms with E-state index >= 15 is 0 Å². The monoisotopic (exact) mass is 307 g/mol. The van der Waals surface area contributed by atoms with Crippen LogP contribution in [0.1, 0.15) is 52.6 Å². The van der Waals surface area contributed by atoms with Gasteiger partial charge in [-0.15, -0.1) is 0 Å². The number of aromatic nitrogens is 1. The largest absolute Gasteiger partial charge is 0.393 e. The Hall–Kier alpha value is -1.62. The maximum Gasteiger partial charge on any atom is 0.315 e. The lowest BCUT2D eigenvalue weighted by Crippen LogP contribution is -2.43. The molecule has 1 aromatic rings. The van der Waals surface area contributed by atoms with Crippen LogP contribution in [0, 0.1) is 11.3 Å². The first-order valence-corrected chi connectivity index (χ1v) is 7.83. The summed E-state index contributed by atoms with van der Waals surface area (Å²) in [6.45, 7) is 10.5. The lowest BCUT2D eigenvalue weighted by Gasteiger charge is -2.28. The van der Waals surface area contributed by atoms with Gasteiger partial charge in [-0.2, -0.15) is 0 Å². The molecule has 5 heteroatoms. The van der Waals surface area contributed by atoms with Gasteiger partial charge in [-0.3, -0.25) is 4.98 Å². The highest BCUT2D eigenvalue weighted by molar-refractivity contribution is 5.74. The molecular formula is C17H29N3O2. The van der Waals surface area contributed by atoms with Crippen LogP contribution in [-0.4, -0.2) is 28.8 Å². The molecule has 124 valence electrons. The summed E-state index contributed by atoms with van der Waals surface area (Å²) >= 11 is 0. The Morgan fingerprint density at radius 3 is 2.36 bits per heavy atom. The van der Waals surface area contributed by atoms with Crippen molar-refractivity contribution >= 4 is 6.03 Å². The average molecular weight is 307 g/mol. The van der Waals surface area contributed by atoms with Crippen LogP contribution in [0.5, 0.6) is 0 Å². The molecule has 0 aliphatic rings. The Morgan fingerprint density at radius 1 is 1.27 bits per heavy atom. The second-order valence-corrected chi connectivity index (χ2v) is 7.05. The maximum atomic E-state index is 12.2. The molecule has 1 heterocycles. The number of pyridine rings is 1. The summed E-state index contributed by atoms with van der Waals surface area (Å²) in [6, 6.07) is 3.60. The van der Waals surface area contributed by atoms with Crippen LogP contribution in [0.25, 0.3) is 0 Å². The Labute approximate surface area is 133 Å². The number of urea groups is 1. The molecule has 1 aromatic heterocycles. The normalized spacial score (nSPS) is 14.5. The number of aliphatic hydroxyl groups excluding tert-OH is 1. The van der Waals surface area contributed by atoms with Crippen LogP contribution in [0.4, 0.5) is 4.79 Å². The number of nitrogens with one attached hydrogen (secondary N) is 2. The van der Waals surface area contributed by atoms with E-state index in [1.54, 1.807) is 19.3 Å². The van der Waals surface area contributed by atoms with Gasteiger partial charge < -0.3 is 15.7 Å². The second-order valence-electron chi connectivity index (χ2n) is 7.05. The fourth-order valence-electron chi connectivity index (χ4n) is 2.59. The van der Waals surface area contributed by atoms with E-state index in [2.05, 4.69) is 29.5 Å². The fourth-order valence-corrected chi connectivity index (χ4v) is 2.59. The first kappa shape index (κ1) is 18.4. The summed E-state index contributed by atoms with van der Waals surface area (Å²) in [7, 11) is 0. The van der Waals surface area contributed by atoms with Crippen molar-refractivity contribution < 1.29 is 9.90 Å². The van der Waals surface area contributed by atoms with E-state index in [4.69, 9.17) is 0 Å². The standard InChI is InChI=1S/C17H29N3O2/c1-12(2)15(14-6-8-18-9-7-14)20-16(22)19-11-17(4,5)10-13(3)21/h6-9,12-13,15,21H,10-11H2,1-5H3,(H2,19,20,22)/t13-,15+/m0/s1. The van der Waals surface area contributed by atoms with Gasteiger partial charge in [0.15, 0.2) is 0 Å². The van der Waals surface area contributed by atoms with Crippen molar-refractivity contribution in [3.05, 3.63) is 30.1 Å². The average Bonchev–Trinajstić information content (AvgIpc) is 2.42. The minimum Gasteiger partial charge on any atom is -0.393 e. The Bertz CT molecular complexity index is 458. The Kier molecular flexibility index (Phi) is 6.81. The van der Waals surface area contributed by atoms with Crippen molar-refractivity contribution in [1.29, 1.82) is 0 Å². The lowest BCUT2D eigenvalue weighted by molar-refractivity contribution is 0.128. The summed E-state index contributed by atoms with van der Waals surface area (Å²) < 4.78 is 0. The maximum absolute atomic E-state index is 12.2. The molecule has 2 atom stereocenters. The highest BCUT2D eigenvalue weighted by atomic mass is 16.3. The van der Waals surface area contributed by atoms with Gasteiger partial charge in [0.2, 0.25) is 0 Å². The van der Waals surface area contributed by atoms with Crippen LogP contribution < -0.4 is 10.6 Å². The Morgan fingerprint density at radius 2 is 1.86 bits per heavy atom. The van der Waals surface area contributed by atoms with Crippen molar-refractivity contribution in [2.75, 3.05) is 6.54 Å². The summed E-state index contributed by atoms with van der Waals surface area (Å²) in [5.74, 6) is 0.277. The number of carbonyl (C=O) groups excluding carboxylic acids is 1. The van der Waals surface area contributed by atoms with E-state index in [0.717, 1.165) is 5.56 Å². The third kappa shape index (κ3) is 6.43. The van der Waals surface area contributed by atoms with Crippen molar-refractivity contribution in [1.82, 2.24) is 15.6 Å². The van der Waals surface area contributed by atoms with Crippen molar-refractivity contribution in [2.24, 2.45) is 11.3 Å². The van der Waals surface area contributed by atoms with Gasteiger partial charge >= 0.3 is 6.03 Å². The number of hydrogen-bond acceptors (Lipinski definition) is 3. The molecule has 0 spiro atoms. The number of rotatable bonds is 7. The fraction of sp³-hybridized carbons (Fsp3) is 0.647. The molecular weight excluding hydrogens is 278 g/mol. The third-order valence-electron chi connectivity index (χ3n) is 3.59. The molecule has 22 heavy (non-hydrogen) atoms. The van der Waals surface area contributed by atoms with Crippen molar-refractivity contribution in [2.45, 2.75) is 53.2 Å². The first-order valence-electron chi connectivity index (χ1n) is 7.83. The van der Waals surface area contributed by atoms with Gasteiger partial charge in [0, 0.05) is 18.9 Å². The van der Waals surface area contributed by atoms with E-state index in [1.165, 1.54) is 0 Å². The minimum absolute atomic E-state index is 0.0529. The molecule has 3 N–H and O–H groups in total. The molecule has 1 rings (SSSR count). The molecule has 0 radical (unpaired) electrons. The molecule has 0 unspecified atom stereocenters. The number of nitrogens with zero attached hydrogens (tertiary/aromatic N) is 1. The van der Waals surface area contributed by atoms with Crippen LogP contribution in [0.3, 0.4) is 0 Å². The summed E-state index contributed by atoms with van der Waals surface area (Å²) in [5.41, 5.74) is 0.901. The molecule has 0 bridgehead atoms. The van der Waals surface area contributed by atoms with Crippen LogP contribution in [0.2, 0.25) is 0 Å². The summed E-state index contributed by atoms with van der Waals surface area (Å²) in [4.78, 5) is 16.2. The highest BCUT2D eigenvalue weighted by Gasteiger charge is 2.23. The summed E-state index contributed by atoms with van der Waals surface area (Å²) in [5, 5.41) is 15.4. The molecule has 0 fully saturated rings. The number of aliphatic hydroxyl groups is 1. The van der Waals surface area contributed by atoms with Gasteiger partial charge in [0.25, 0.3) is 0 Å². The van der Waals surface area contributed by atoms with Gasteiger partial charge in [0.05, 0.1) is 12.1 Å². The van der Waals surface area contributed by atoms with E-state index in [0.29, 0.717) is 13.0 Å². The molecule has 0 saturated heterocycles. The van der Waals surface area contributed by atoms with Crippen molar-refractivity contribution in [3.63, 3.8) is 0 Å². The number of hydrogen-bond donors (Lipinski definition) is 3. The SMILES string of the molecule is CC(C)[C@@H](NC(=O)NCC(C)(C)C[C@H](C)O)c1ccncc1. The smallest absolute Gasteiger partial charge is 0.315 e. The highest BCUT2D eigenvalue weighted by Crippen LogP contribution is 2.22.